The predicted molar refractivity (Wildman–Crippen MR) is 117 cm³/mol. The molecule has 0 fully saturated rings. The molecule has 190 valence electrons. The normalized spacial score (nSPS) is 14.1. The van der Waals surface area contributed by atoms with E-state index in [2.05, 4.69) is 9.47 Å². The maximum atomic E-state index is 12.0. The monoisotopic (exact) mass is 485 g/mol. The van der Waals surface area contributed by atoms with Crippen LogP contribution in [0.25, 0.3) is 0 Å². The Balaban J connectivity index is 3.02. The largest absolute Gasteiger partial charge is 0.513 e. The van der Waals surface area contributed by atoms with Gasteiger partial charge in [0.2, 0.25) is 0 Å². The fraction of sp³-hybridized carbons (Fsp3) is 0.545. The van der Waals surface area contributed by atoms with E-state index in [0.717, 1.165) is 20.6 Å². The van der Waals surface area contributed by atoms with Gasteiger partial charge in [0.25, 0.3) is 0 Å². The summed E-state index contributed by atoms with van der Waals surface area (Å²) in [6.07, 6.45) is -3.62. The molecule has 0 radical (unpaired) electrons. The fourth-order valence-corrected chi connectivity index (χ4v) is 2.77. The van der Waals surface area contributed by atoms with Crippen LogP contribution in [0.4, 0.5) is 14.4 Å². The standard InChI is InChI=1S/C22H31NO11/c1-6-13(2)12-31-21(28)32-14(3)10-22(23,18(24)25)11-15-7-8-16(33-19(26)29-4)17(9-15)34-20(27)30-5/h7-9,13-14H,6,10-12,23H2,1-5H3,(H,24,25)/t13?,14-,22?/m0/s1. The van der Waals surface area contributed by atoms with Gasteiger partial charge in [0.05, 0.1) is 20.8 Å². The molecular weight excluding hydrogens is 454 g/mol. The van der Waals surface area contributed by atoms with Gasteiger partial charge in [0.1, 0.15) is 11.6 Å². The molecule has 3 N–H and O–H groups in total. The number of nitrogens with two attached hydrogens (primary N) is 1. The lowest BCUT2D eigenvalue weighted by molar-refractivity contribution is -0.144. The van der Waals surface area contributed by atoms with Gasteiger partial charge >= 0.3 is 24.4 Å². The Hall–Kier alpha value is -3.54. The van der Waals surface area contributed by atoms with E-state index in [1.165, 1.54) is 25.1 Å². The predicted octanol–water partition coefficient (Wildman–Crippen LogP) is 3.28. The van der Waals surface area contributed by atoms with Crippen molar-refractivity contribution in [2.24, 2.45) is 11.7 Å². The zero-order valence-electron chi connectivity index (χ0n) is 19.8. The molecule has 0 aromatic heterocycles. The van der Waals surface area contributed by atoms with Gasteiger partial charge < -0.3 is 39.3 Å². The summed E-state index contributed by atoms with van der Waals surface area (Å²) in [5, 5.41) is 9.76. The van der Waals surface area contributed by atoms with Crippen LogP contribution in [0, 0.1) is 5.92 Å². The highest BCUT2D eigenvalue weighted by molar-refractivity contribution is 5.79. The summed E-state index contributed by atoms with van der Waals surface area (Å²) in [7, 11) is 2.17. The first-order valence-corrected chi connectivity index (χ1v) is 10.4. The van der Waals surface area contributed by atoms with E-state index in [0.29, 0.717) is 5.56 Å². The molecule has 0 spiro atoms. The molecule has 0 saturated heterocycles. The van der Waals surface area contributed by atoms with E-state index in [9.17, 15) is 24.3 Å². The van der Waals surface area contributed by atoms with Crippen molar-refractivity contribution in [2.75, 3.05) is 20.8 Å². The minimum Gasteiger partial charge on any atom is -0.480 e. The maximum Gasteiger partial charge on any atom is 0.513 e. The van der Waals surface area contributed by atoms with Gasteiger partial charge in [-0.2, -0.15) is 0 Å². The Morgan fingerprint density at radius 2 is 1.59 bits per heavy atom. The van der Waals surface area contributed by atoms with Crippen molar-refractivity contribution in [3.63, 3.8) is 0 Å². The zero-order chi connectivity index (χ0) is 25.9. The molecule has 3 atom stereocenters. The number of aliphatic carboxylic acids is 1. The molecule has 2 unspecified atom stereocenters. The van der Waals surface area contributed by atoms with Crippen molar-refractivity contribution in [2.45, 2.75) is 51.7 Å². The molecule has 12 nitrogen and oxygen atoms in total. The van der Waals surface area contributed by atoms with Crippen LogP contribution in [0.1, 0.15) is 39.2 Å². The number of methoxy groups -OCH3 is 2. The minimum absolute atomic E-state index is 0.156. The summed E-state index contributed by atoms with van der Waals surface area (Å²) in [5.41, 5.74) is 4.61. The first-order valence-electron chi connectivity index (χ1n) is 10.4. The summed E-state index contributed by atoms with van der Waals surface area (Å²) < 4.78 is 28.9. The zero-order valence-corrected chi connectivity index (χ0v) is 19.8. The van der Waals surface area contributed by atoms with E-state index in [1.807, 2.05) is 13.8 Å². The summed E-state index contributed by atoms with van der Waals surface area (Å²) in [6.45, 7) is 5.53. The third-order valence-corrected chi connectivity index (χ3v) is 4.81. The maximum absolute atomic E-state index is 12.0. The number of carbonyl (C=O) groups excluding carboxylic acids is 3. The first kappa shape index (κ1) is 28.5. The van der Waals surface area contributed by atoms with Crippen LogP contribution < -0.4 is 15.2 Å². The van der Waals surface area contributed by atoms with Crippen LogP contribution in [0.15, 0.2) is 18.2 Å². The van der Waals surface area contributed by atoms with Crippen molar-refractivity contribution in [1.82, 2.24) is 0 Å². The van der Waals surface area contributed by atoms with E-state index in [-0.39, 0.29) is 36.9 Å². The summed E-state index contributed by atoms with van der Waals surface area (Å²) in [5.74, 6) is -1.58. The van der Waals surface area contributed by atoms with Crippen molar-refractivity contribution in [3.8, 4) is 11.5 Å². The van der Waals surface area contributed by atoms with Gasteiger partial charge in [-0.3, -0.25) is 4.79 Å². The van der Waals surface area contributed by atoms with Crippen LogP contribution in [0.5, 0.6) is 11.5 Å². The number of ether oxygens (including phenoxy) is 6. The van der Waals surface area contributed by atoms with Crippen molar-refractivity contribution in [1.29, 1.82) is 0 Å². The molecule has 0 aliphatic rings. The molecule has 0 bridgehead atoms. The fourth-order valence-electron chi connectivity index (χ4n) is 2.77. The summed E-state index contributed by atoms with van der Waals surface area (Å²) in [6, 6.07) is 3.98. The molecule has 1 aromatic carbocycles. The highest BCUT2D eigenvalue weighted by Gasteiger charge is 2.37. The van der Waals surface area contributed by atoms with E-state index in [4.69, 9.17) is 24.7 Å². The third-order valence-electron chi connectivity index (χ3n) is 4.81. The van der Waals surface area contributed by atoms with Crippen LogP contribution >= 0.6 is 0 Å². The second-order valence-corrected chi connectivity index (χ2v) is 7.74. The SMILES string of the molecule is CCC(C)COC(=O)O[C@@H](C)CC(N)(Cc1ccc(OC(=O)OC)c(OC(=O)OC)c1)C(=O)O. The summed E-state index contributed by atoms with van der Waals surface area (Å²) in [4.78, 5) is 46.8. The molecule has 0 aliphatic heterocycles. The van der Waals surface area contributed by atoms with Gasteiger partial charge in [-0.15, -0.1) is 0 Å². The van der Waals surface area contributed by atoms with Crippen LogP contribution in [0.2, 0.25) is 0 Å². The lowest BCUT2D eigenvalue weighted by Gasteiger charge is -2.28. The second kappa shape index (κ2) is 13.2. The second-order valence-electron chi connectivity index (χ2n) is 7.74. The molecule has 0 saturated carbocycles. The topological polar surface area (TPSA) is 170 Å². The molecule has 0 amide bonds. The van der Waals surface area contributed by atoms with Gasteiger partial charge in [0, 0.05) is 12.8 Å². The number of hydrogen-bond acceptors (Lipinski definition) is 11. The Kier molecular flexibility index (Phi) is 11.1. The number of hydrogen-bond donors (Lipinski definition) is 2. The lowest BCUT2D eigenvalue weighted by atomic mass is 9.86. The molecule has 1 aromatic rings. The highest BCUT2D eigenvalue weighted by Crippen LogP contribution is 2.31. The lowest BCUT2D eigenvalue weighted by Crippen LogP contribution is -2.52. The average molecular weight is 485 g/mol. The van der Waals surface area contributed by atoms with E-state index >= 15 is 0 Å². The molecule has 34 heavy (non-hydrogen) atoms. The van der Waals surface area contributed by atoms with Crippen LogP contribution in [-0.4, -0.2) is 62.0 Å². The number of carboxylic acid groups (broad SMARTS) is 1. The minimum atomic E-state index is -1.86. The quantitative estimate of drug-likeness (QED) is 0.267. The Labute approximate surface area is 197 Å². The van der Waals surface area contributed by atoms with Gasteiger partial charge in [-0.1, -0.05) is 26.3 Å². The third kappa shape index (κ3) is 9.14. The molecular formula is C22H31NO11. The van der Waals surface area contributed by atoms with Crippen LogP contribution in [-0.2, 0) is 30.2 Å². The van der Waals surface area contributed by atoms with Crippen LogP contribution in [0.3, 0.4) is 0 Å². The molecule has 12 heteroatoms. The molecule has 1 rings (SSSR count). The first-order chi connectivity index (χ1) is 15.9. The number of carbonyl (C=O) groups is 4. The Morgan fingerprint density at radius 1 is 1.00 bits per heavy atom. The van der Waals surface area contributed by atoms with Crippen molar-refractivity contribution >= 4 is 24.4 Å². The number of rotatable bonds is 11. The molecule has 0 aliphatic carbocycles. The average Bonchev–Trinajstić information content (AvgIpc) is 2.78. The number of carboxylic acids is 1. The van der Waals surface area contributed by atoms with E-state index in [1.54, 1.807) is 0 Å². The Morgan fingerprint density at radius 3 is 2.12 bits per heavy atom. The van der Waals surface area contributed by atoms with Gasteiger partial charge in [-0.05, 0) is 30.5 Å². The van der Waals surface area contributed by atoms with E-state index < -0.39 is 36.1 Å². The summed E-state index contributed by atoms with van der Waals surface area (Å²) >= 11 is 0. The van der Waals surface area contributed by atoms with Gasteiger partial charge in [-0.25, -0.2) is 14.4 Å². The molecule has 0 heterocycles. The Bertz CT molecular complexity index is 872. The highest BCUT2D eigenvalue weighted by atomic mass is 16.7. The van der Waals surface area contributed by atoms with Crippen molar-refractivity contribution in [3.05, 3.63) is 23.8 Å². The van der Waals surface area contributed by atoms with Gasteiger partial charge in [0.15, 0.2) is 11.5 Å². The smallest absolute Gasteiger partial charge is 0.480 e. The number of benzene rings is 1. The van der Waals surface area contributed by atoms with Crippen molar-refractivity contribution < 1.29 is 52.7 Å².